The number of carbonyl (C=O) groups excluding carboxylic acids is 1. The van der Waals surface area contributed by atoms with Gasteiger partial charge >= 0.3 is 5.97 Å². The summed E-state index contributed by atoms with van der Waals surface area (Å²) in [6, 6.07) is 3.56. The second kappa shape index (κ2) is 5.71. The molecule has 2 atom stereocenters. The molecular formula is C13H17NO4. The highest BCUT2D eigenvalue weighted by molar-refractivity contribution is 5.80. The predicted octanol–water partition coefficient (Wildman–Crippen LogP) is 1.79. The van der Waals surface area contributed by atoms with Gasteiger partial charge in [-0.1, -0.05) is 6.42 Å². The summed E-state index contributed by atoms with van der Waals surface area (Å²) in [5.74, 6) is -0.724. The largest absolute Gasteiger partial charge is 0.481 e. The second-order valence-corrected chi connectivity index (χ2v) is 4.70. The zero-order valence-electron chi connectivity index (χ0n) is 10.1. The minimum atomic E-state index is -0.793. The zero-order chi connectivity index (χ0) is 13.0. The summed E-state index contributed by atoms with van der Waals surface area (Å²) in [6.45, 7) is 0.361. The number of hydrogen-bond acceptors (Lipinski definition) is 3. The number of nitrogens with one attached hydrogen (secondary N) is 1. The standard InChI is InChI=1S/C13H17NO4/c15-12(14-8-11-5-2-6-18-11)9-3-1-4-10(7-9)13(16)17/h2,5-6,9-10H,1,3-4,7-8H2,(H,14,15)(H,16,17). The average molecular weight is 251 g/mol. The summed E-state index contributed by atoms with van der Waals surface area (Å²) in [5, 5.41) is 11.8. The van der Waals surface area contributed by atoms with E-state index >= 15 is 0 Å². The van der Waals surface area contributed by atoms with Gasteiger partial charge in [-0.15, -0.1) is 0 Å². The van der Waals surface area contributed by atoms with Crippen LogP contribution < -0.4 is 5.32 Å². The Morgan fingerprint density at radius 1 is 1.39 bits per heavy atom. The maximum absolute atomic E-state index is 11.9. The molecule has 5 heteroatoms. The number of amides is 1. The second-order valence-electron chi connectivity index (χ2n) is 4.70. The molecule has 1 aromatic rings. The third-order valence-corrected chi connectivity index (χ3v) is 3.41. The molecule has 2 rings (SSSR count). The smallest absolute Gasteiger partial charge is 0.306 e. The van der Waals surface area contributed by atoms with E-state index in [4.69, 9.17) is 9.52 Å². The first-order chi connectivity index (χ1) is 8.66. The van der Waals surface area contributed by atoms with Crippen LogP contribution in [0.15, 0.2) is 22.8 Å². The molecule has 1 fully saturated rings. The van der Waals surface area contributed by atoms with Gasteiger partial charge in [0, 0.05) is 5.92 Å². The lowest BCUT2D eigenvalue weighted by Gasteiger charge is -2.25. The molecule has 1 aromatic heterocycles. The maximum atomic E-state index is 11.9. The van der Waals surface area contributed by atoms with Gasteiger partial charge in [-0.05, 0) is 31.4 Å². The first-order valence-corrected chi connectivity index (χ1v) is 6.19. The van der Waals surface area contributed by atoms with Crippen molar-refractivity contribution in [1.82, 2.24) is 5.32 Å². The van der Waals surface area contributed by atoms with Crippen molar-refractivity contribution in [3.8, 4) is 0 Å². The summed E-state index contributed by atoms with van der Waals surface area (Å²) >= 11 is 0. The molecule has 0 aromatic carbocycles. The van der Waals surface area contributed by atoms with Gasteiger partial charge in [-0.25, -0.2) is 0 Å². The molecule has 0 spiro atoms. The van der Waals surface area contributed by atoms with Crippen LogP contribution in [0.25, 0.3) is 0 Å². The molecule has 1 saturated carbocycles. The van der Waals surface area contributed by atoms with Crippen molar-refractivity contribution in [3.05, 3.63) is 24.2 Å². The van der Waals surface area contributed by atoms with E-state index in [0.29, 0.717) is 25.1 Å². The van der Waals surface area contributed by atoms with Crippen LogP contribution in [0.4, 0.5) is 0 Å². The number of furan rings is 1. The van der Waals surface area contributed by atoms with Crippen LogP contribution in [-0.2, 0) is 16.1 Å². The van der Waals surface area contributed by atoms with Gasteiger partial charge in [0.1, 0.15) is 5.76 Å². The quantitative estimate of drug-likeness (QED) is 0.855. The van der Waals surface area contributed by atoms with Crippen molar-refractivity contribution in [2.24, 2.45) is 11.8 Å². The van der Waals surface area contributed by atoms with E-state index in [1.807, 2.05) is 0 Å². The van der Waals surface area contributed by atoms with E-state index in [1.165, 1.54) is 0 Å². The van der Waals surface area contributed by atoms with E-state index in [0.717, 1.165) is 12.8 Å². The molecule has 18 heavy (non-hydrogen) atoms. The molecule has 2 unspecified atom stereocenters. The molecule has 1 amide bonds. The molecule has 0 bridgehead atoms. The molecule has 1 aliphatic carbocycles. The Bertz CT molecular complexity index is 413. The van der Waals surface area contributed by atoms with Crippen LogP contribution in [-0.4, -0.2) is 17.0 Å². The van der Waals surface area contributed by atoms with Crippen molar-refractivity contribution < 1.29 is 19.1 Å². The maximum Gasteiger partial charge on any atom is 0.306 e. The fraction of sp³-hybridized carbons (Fsp3) is 0.538. The lowest BCUT2D eigenvalue weighted by molar-refractivity contribution is -0.144. The number of carboxylic acids is 1. The van der Waals surface area contributed by atoms with Gasteiger partial charge in [-0.2, -0.15) is 0 Å². The number of carboxylic acid groups (broad SMARTS) is 1. The molecule has 0 aliphatic heterocycles. The summed E-state index contributed by atoms with van der Waals surface area (Å²) < 4.78 is 5.12. The van der Waals surface area contributed by atoms with Gasteiger partial charge < -0.3 is 14.8 Å². The SMILES string of the molecule is O=C(O)C1CCCC(C(=O)NCc2ccco2)C1. The molecule has 5 nitrogen and oxygen atoms in total. The van der Waals surface area contributed by atoms with Crippen LogP contribution in [0.3, 0.4) is 0 Å². The van der Waals surface area contributed by atoms with Crippen molar-refractivity contribution in [3.63, 3.8) is 0 Å². The Balaban J connectivity index is 1.83. The highest BCUT2D eigenvalue weighted by Gasteiger charge is 2.30. The van der Waals surface area contributed by atoms with E-state index in [1.54, 1.807) is 18.4 Å². The minimum absolute atomic E-state index is 0.0719. The van der Waals surface area contributed by atoms with Gasteiger partial charge in [0.05, 0.1) is 18.7 Å². The normalized spacial score (nSPS) is 23.6. The minimum Gasteiger partial charge on any atom is -0.481 e. The third-order valence-electron chi connectivity index (χ3n) is 3.41. The number of aliphatic carboxylic acids is 1. The van der Waals surface area contributed by atoms with Crippen LogP contribution in [0.5, 0.6) is 0 Å². The summed E-state index contributed by atoms with van der Waals surface area (Å²) in [6.07, 6.45) is 4.25. The molecule has 0 radical (unpaired) electrons. The van der Waals surface area contributed by atoms with Crippen molar-refractivity contribution in [1.29, 1.82) is 0 Å². The molecule has 0 saturated heterocycles. The van der Waals surface area contributed by atoms with E-state index in [2.05, 4.69) is 5.32 Å². The fourth-order valence-corrected chi connectivity index (χ4v) is 2.38. The van der Waals surface area contributed by atoms with Gasteiger partial charge in [0.2, 0.25) is 5.91 Å². The predicted molar refractivity (Wildman–Crippen MR) is 63.6 cm³/mol. The van der Waals surface area contributed by atoms with E-state index < -0.39 is 5.97 Å². The first-order valence-electron chi connectivity index (χ1n) is 6.19. The highest BCUT2D eigenvalue weighted by Crippen LogP contribution is 2.29. The number of rotatable bonds is 4. The molecule has 1 heterocycles. The summed E-state index contributed by atoms with van der Waals surface area (Å²) in [5.41, 5.74) is 0. The Morgan fingerprint density at radius 3 is 2.83 bits per heavy atom. The van der Waals surface area contributed by atoms with Crippen molar-refractivity contribution >= 4 is 11.9 Å². The molecule has 2 N–H and O–H groups in total. The van der Waals surface area contributed by atoms with Crippen LogP contribution in [0.1, 0.15) is 31.4 Å². The van der Waals surface area contributed by atoms with Crippen LogP contribution in [0, 0.1) is 11.8 Å². The fourth-order valence-electron chi connectivity index (χ4n) is 2.38. The average Bonchev–Trinajstić information content (AvgIpc) is 2.89. The van der Waals surface area contributed by atoms with Gasteiger partial charge in [0.15, 0.2) is 0 Å². The lowest BCUT2D eigenvalue weighted by Crippen LogP contribution is -2.35. The lowest BCUT2D eigenvalue weighted by atomic mass is 9.81. The Labute approximate surface area is 105 Å². The third kappa shape index (κ3) is 3.12. The molecule has 98 valence electrons. The first kappa shape index (κ1) is 12.7. The number of carbonyl (C=O) groups is 2. The monoisotopic (exact) mass is 251 g/mol. The Kier molecular flexibility index (Phi) is 4.02. The van der Waals surface area contributed by atoms with Crippen molar-refractivity contribution in [2.75, 3.05) is 0 Å². The van der Waals surface area contributed by atoms with Crippen LogP contribution >= 0.6 is 0 Å². The highest BCUT2D eigenvalue weighted by atomic mass is 16.4. The topological polar surface area (TPSA) is 79.5 Å². The van der Waals surface area contributed by atoms with Crippen molar-refractivity contribution in [2.45, 2.75) is 32.2 Å². The van der Waals surface area contributed by atoms with Gasteiger partial charge in [-0.3, -0.25) is 9.59 Å². The zero-order valence-corrected chi connectivity index (χ0v) is 10.1. The summed E-state index contributed by atoms with van der Waals surface area (Å²) in [7, 11) is 0. The van der Waals surface area contributed by atoms with Crippen LogP contribution in [0.2, 0.25) is 0 Å². The van der Waals surface area contributed by atoms with E-state index in [-0.39, 0.29) is 17.7 Å². The Hall–Kier alpha value is -1.78. The molecule has 1 aliphatic rings. The van der Waals surface area contributed by atoms with Gasteiger partial charge in [0.25, 0.3) is 0 Å². The van der Waals surface area contributed by atoms with E-state index in [9.17, 15) is 9.59 Å². The molecular weight excluding hydrogens is 234 g/mol. The Morgan fingerprint density at radius 2 is 2.17 bits per heavy atom. The number of hydrogen-bond donors (Lipinski definition) is 2. The summed E-state index contributed by atoms with van der Waals surface area (Å²) in [4.78, 5) is 22.8.